The maximum atomic E-state index is 13.7. The van der Waals surface area contributed by atoms with Crippen LogP contribution in [0.4, 0.5) is 4.39 Å². The lowest BCUT2D eigenvalue weighted by atomic mass is 9.89. The number of hydrogen-bond donors (Lipinski definition) is 1. The van der Waals surface area contributed by atoms with Crippen LogP contribution in [0, 0.1) is 11.7 Å². The minimum absolute atomic E-state index is 0.213. The normalized spacial score (nSPS) is 24.1. The maximum absolute atomic E-state index is 13.7. The fraction of sp³-hybridized carbons (Fsp3) is 0.333. The summed E-state index contributed by atoms with van der Waals surface area (Å²) >= 11 is 0. The molecular weight excluding hydrogens is 251 g/mol. The number of halogens is 1. The van der Waals surface area contributed by atoms with Crippen LogP contribution in [0.15, 0.2) is 54.6 Å². The van der Waals surface area contributed by atoms with Crippen LogP contribution in [0.5, 0.6) is 0 Å². The Hall–Kier alpha value is -1.67. The first-order valence-electron chi connectivity index (χ1n) is 7.08. The molecule has 1 saturated carbocycles. The monoisotopic (exact) mass is 270 g/mol. The Morgan fingerprint density at radius 3 is 2.45 bits per heavy atom. The standard InChI is InChI=1S/C18H19FO/c1-18(20,12-14-9-5-6-10-17(14)19)16-11-15(16)13-7-3-2-4-8-13/h2-10,15-16,20H,11-12H2,1H3. The average Bonchev–Trinajstić information content (AvgIpc) is 3.23. The van der Waals surface area contributed by atoms with Gasteiger partial charge in [0, 0.05) is 6.42 Å². The van der Waals surface area contributed by atoms with E-state index in [1.807, 2.05) is 31.2 Å². The van der Waals surface area contributed by atoms with Gasteiger partial charge < -0.3 is 5.11 Å². The van der Waals surface area contributed by atoms with Gasteiger partial charge >= 0.3 is 0 Å². The van der Waals surface area contributed by atoms with Gasteiger partial charge in [0.05, 0.1) is 5.60 Å². The molecule has 0 saturated heterocycles. The zero-order valence-corrected chi connectivity index (χ0v) is 11.6. The number of benzene rings is 2. The third kappa shape index (κ3) is 2.61. The molecular formula is C18H19FO. The Morgan fingerprint density at radius 2 is 1.75 bits per heavy atom. The minimum atomic E-state index is -0.858. The molecule has 0 aromatic heterocycles. The van der Waals surface area contributed by atoms with Gasteiger partial charge in [-0.05, 0) is 42.4 Å². The predicted molar refractivity (Wildman–Crippen MR) is 78.0 cm³/mol. The predicted octanol–water partition coefficient (Wildman–Crippen LogP) is 3.92. The topological polar surface area (TPSA) is 20.2 Å². The molecule has 0 heterocycles. The second-order valence-corrected chi connectivity index (χ2v) is 5.98. The quantitative estimate of drug-likeness (QED) is 0.892. The molecule has 1 nitrogen and oxygen atoms in total. The Balaban J connectivity index is 1.73. The van der Waals surface area contributed by atoms with E-state index < -0.39 is 5.60 Å². The van der Waals surface area contributed by atoms with Crippen molar-refractivity contribution < 1.29 is 9.50 Å². The molecule has 20 heavy (non-hydrogen) atoms. The van der Waals surface area contributed by atoms with Crippen LogP contribution in [-0.2, 0) is 6.42 Å². The van der Waals surface area contributed by atoms with E-state index in [1.54, 1.807) is 12.1 Å². The highest BCUT2D eigenvalue weighted by Gasteiger charge is 2.49. The van der Waals surface area contributed by atoms with E-state index >= 15 is 0 Å². The fourth-order valence-corrected chi connectivity index (χ4v) is 3.11. The molecule has 1 N–H and O–H groups in total. The lowest BCUT2D eigenvalue weighted by Crippen LogP contribution is -2.31. The summed E-state index contributed by atoms with van der Waals surface area (Å²) in [5.74, 6) is 0.382. The minimum Gasteiger partial charge on any atom is -0.390 e. The molecule has 3 atom stereocenters. The molecule has 2 heteroatoms. The Morgan fingerprint density at radius 1 is 1.10 bits per heavy atom. The summed E-state index contributed by atoms with van der Waals surface area (Å²) in [6.07, 6.45) is 1.35. The zero-order valence-electron chi connectivity index (χ0n) is 11.6. The third-order valence-electron chi connectivity index (χ3n) is 4.32. The van der Waals surface area contributed by atoms with Crippen molar-refractivity contribution in [3.05, 3.63) is 71.5 Å². The van der Waals surface area contributed by atoms with Crippen molar-refractivity contribution in [2.24, 2.45) is 5.92 Å². The number of aliphatic hydroxyl groups is 1. The SMILES string of the molecule is CC(O)(Cc1ccccc1F)C1CC1c1ccccc1. The van der Waals surface area contributed by atoms with Gasteiger partial charge in [-0.25, -0.2) is 4.39 Å². The molecule has 1 fully saturated rings. The lowest BCUT2D eigenvalue weighted by Gasteiger charge is -2.24. The first-order chi connectivity index (χ1) is 9.58. The van der Waals surface area contributed by atoms with E-state index in [9.17, 15) is 9.50 Å². The van der Waals surface area contributed by atoms with Gasteiger partial charge in [-0.2, -0.15) is 0 Å². The lowest BCUT2D eigenvalue weighted by molar-refractivity contribution is 0.0343. The zero-order chi connectivity index (χ0) is 14.2. The molecule has 3 rings (SSSR count). The number of hydrogen-bond acceptors (Lipinski definition) is 1. The summed E-state index contributed by atoms with van der Waals surface area (Å²) in [6.45, 7) is 1.83. The Kier molecular flexibility index (Phi) is 3.35. The molecule has 0 spiro atoms. The van der Waals surface area contributed by atoms with Crippen LogP contribution >= 0.6 is 0 Å². The molecule has 0 amide bonds. The second-order valence-electron chi connectivity index (χ2n) is 5.98. The van der Waals surface area contributed by atoms with Crippen molar-refractivity contribution in [1.82, 2.24) is 0 Å². The van der Waals surface area contributed by atoms with Gasteiger partial charge in [0.1, 0.15) is 5.82 Å². The molecule has 1 aliphatic rings. The van der Waals surface area contributed by atoms with Crippen molar-refractivity contribution in [3.8, 4) is 0 Å². The summed E-state index contributed by atoms with van der Waals surface area (Å²) in [5.41, 5.74) is 1.01. The molecule has 0 bridgehead atoms. The van der Waals surface area contributed by atoms with Crippen molar-refractivity contribution in [2.75, 3.05) is 0 Å². The largest absolute Gasteiger partial charge is 0.390 e. The summed E-state index contributed by atoms with van der Waals surface area (Å²) in [6, 6.07) is 16.9. The average molecular weight is 270 g/mol. The molecule has 0 radical (unpaired) electrons. The third-order valence-corrected chi connectivity index (χ3v) is 4.32. The molecule has 0 aliphatic heterocycles. The highest BCUT2D eigenvalue weighted by molar-refractivity contribution is 5.29. The molecule has 2 aromatic carbocycles. The maximum Gasteiger partial charge on any atom is 0.126 e. The summed E-state index contributed by atoms with van der Waals surface area (Å²) in [4.78, 5) is 0. The van der Waals surface area contributed by atoms with Crippen LogP contribution in [0.1, 0.15) is 30.4 Å². The van der Waals surface area contributed by atoms with Crippen LogP contribution in [0.25, 0.3) is 0 Å². The molecule has 3 unspecified atom stereocenters. The van der Waals surface area contributed by atoms with E-state index in [0.717, 1.165) is 6.42 Å². The number of rotatable bonds is 4. The smallest absolute Gasteiger partial charge is 0.126 e. The van der Waals surface area contributed by atoms with Crippen molar-refractivity contribution in [3.63, 3.8) is 0 Å². The van der Waals surface area contributed by atoms with Gasteiger partial charge in [0.15, 0.2) is 0 Å². The van der Waals surface area contributed by atoms with Crippen LogP contribution < -0.4 is 0 Å². The van der Waals surface area contributed by atoms with Crippen molar-refractivity contribution >= 4 is 0 Å². The summed E-state index contributed by atoms with van der Waals surface area (Å²) in [7, 11) is 0. The Labute approximate surface area is 119 Å². The van der Waals surface area contributed by atoms with E-state index in [1.165, 1.54) is 11.6 Å². The highest BCUT2D eigenvalue weighted by atomic mass is 19.1. The van der Waals surface area contributed by atoms with Crippen molar-refractivity contribution in [2.45, 2.75) is 31.3 Å². The van der Waals surface area contributed by atoms with E-state index in [-0.39, 0.29) is 11.7 Å². The van der Waals surface area contributed by atoms with Gasteiger partial charge in [-0.1, -0.05) is 48.5 Å². The fourth-order valence-electron chi connectivity index (χ4n) is 3.11. The van der Waals surface area contributed by atoms with Crippen LogP contribution in [0.3, 0.4) is 0 Å². The van der Waals surface area contributed by atoms with Crippen LogP contribution in [-0.4, -0.2) is 10.7 Å². The first-order valence-corrected chi connectivity index (χ1v) is 7.08. The molecule has 2 aromatic rings. The van der Waals surface area contributed by atoms with Crippen molar-refractivity contribution in [1.29, 1.82) is 0 Å². The summed E-state index contributed by atoms with van der Waals surface area (Å²) < 4.78 is 13.7. The van der Waals surface area contributed by atoms with Gasteiger partial charge in [-0.15, -0.1) is 0 Å². The van der Waals surface area contributed by atoms with E-state index in [4.69, 9.17) is 0 Å². The van der Waals surface area contributed by atoms with Gasteiger partial charge in [0.2, 0.25) is 0 Å². The van der Waals surface area contributed by atoms with Gasteiger partial charge in [0.25, 0.3) is 0 Å². The molecule has 1 aliphatic carbocycles. The Bertz CT molecular complexity index is 591. The van der Waals surface area contributed by atoms with Gasteiger partial charge in [-0.3, -0.25) is 0 Å². The summed E-state index contributed by atoms with van der Waals surface area (Å²) in [5, 5.41) is 10.7. The molecule has 104 valence electrons. The second kappa shape index (κ2) is 5.02. The highest BCUT2D eigenvalue weighted by Crippen LogP contribution is 2.54. The van der Waals surface area contributed by atoms with E-state index in [2.05, 4.69) is 12.1 Å². The van der Waals surface area contributed by atoms with Crippen LogP contribution in [0.2, 0.25) is 0 Å². The first kappa shape index (κ1) is 13.3. The van der Waals surface area contributed by atoms with E-state index in [0.29, 0.717) is 17.9 Å².